The van der Waals surface area contributed by atoms with E-state index in [9.17, 15) is 19.5 Å². The normalized spacial score (nSPS) is 14.2. The molecule has 0 saturated heterocycles. The predicted molar refractivity (Wildman–Crippen MR) is 86.0 cm³/mol. The van der Waals surface area contributed by atoms with E-state index in [2.05, 4.69) is 9.97 Å². The minimum Gasteiger partial charge on any atom is -0.543 e. The molecule has 0 radical (unpaired) electrons. The van der Waals surface area contributed by atoms with Crippen molar-refractivity contribution in [2.45, 2.75) is 0 Å². The van der Waals surface area contributed by atoms with E-state index in [1.807, 2.05) is 0 Å². The highest BCUT2D eigenvalue weighted by Gasteiger charge is 2.35. The number of hydrogen-bond acceptors (Lipinski definition) is 5. The number of carboxylic acids is 1. The van der Waals surface area contributed by atoms with E-state index >= 15 is 0 Å². The SMILES string of the molecule is O=C([O-])/C(=C\c1cnc[nH]1)N1C(=O)c2cccc3cccc(c23)C1=O. The fraction of sp³-hybridized carbons (Fsp3) is 0. The summed E-state index contributed by atoms with van der Waals surface area (Å²) in [6.45, 7) is 0. The number of H-pyrrole nitrogens is 1. The molecule has 122 valence electrons. The van der Waals surface area contributed by atoms with Crippen LogP contribution >= 0.6 is 0 Å². The molecule has 2 heterocycles. The quantitative estimate of drug-likeness (QED) is 0.568. The van der Waals surface area contributed by atoms with Crippen LogP contribution in [0.4, 0.5) is 0 Å². The molecule has 2 aromatic carbocycles. The summed E-state index contributed by atoms with van der Waals surface area (Å²) in [4.78, 5) is 44.4. The van der Waals surface area contributed by atoms with Crippen LogP contribution in [0.1, 0.15) is 26.4 Å². The maximum atomic E-state index is 12.8. The minimum absolute atomic E-state index is 0.268. The number of imide groups is 1. The number of aliphatic carboxylic acids is 1. The second-order valence-corrected chi connectivity index (χ2v) is 5.48. The van der Waals surface area contributed by atoms with Crippen LogP contribution in [-0.2, 0) is 4.79 Å². The summed E-state index contributed by atoms with van der Waals surface area (Å²) in [5.41, 5.74) is 0.316. The Kier molecular flexibility index (Phi) is 3.21. The van der Waals surface area contributed by atoms with Crippen molar-refractivity contribution in [1.82, 2.24) is 14.9 Å². The zero-order valence-electron chi connectivity index (χ0n) is 12.7. The molecule has 0 aliphatic carbocycles. The van der Waals surface area contributed by atoms with Gasteiger partial charge in [-0.1, -0.05) is 24.3 Å². The molecule has 7 nitrogen and oxygen atoms in total. The lowest BCUT2D eigenvalue weighted by molar-refractivity contribution is -0.300. The summed E-state index contributed by atoms with van der Waals surface area (Å²) in [6.07, 6.45) is 3.87. The summed E-state index contributed by atoms with van der Waals surface area (Å²) in [5, 5.41) is 12.9. The van der Waals surface area contributed by atoms with Crippen LogP contribution in [0, 0.1) is 0 Å². The number of benzene rings is 2. The number of amides is 2. The Labute approximate surface area is 141 Å². The Morgan fingerprint density at radius 1 is 1.08 bits per heavy atom. The van der Waals surface area contributed by atoms with Gasteiger partial charge in [0, 0.05) is 16.5 Å². The summed E-state index contributed by atoms with van der Waals surface area (Å²) >= 11 is 0. The number of nitrogens with one attached hydrogen (secondary N) is 1. The second-order valence-electron chi connectivity index (χ2n) is 5.48. The second kappa shape index (κ2) is 5.41. The number of carboxylic acid groups (broad SMARTS) is 1. The molecule has 1 aliphatic heterocycles. The number of imidazole rings is 1. The van der Waals surface area contributed by atoms with E-state index in [-0.39, 0.29) is 11.1 Å². The number of rotatable bonds is 3. The molecular formula is C18H10N3O4-. The van der Waals surface area contributed by atoms with Crippen molar-refractivity contribution in [3.8, 4) is 0 Å². The van der Waals surface area contributed by atoms with E-state index in [4.69, 9.17) is 0 Å². The third-order valence-electron chi connectivity index (χ3n) is 4.03. The lowest BCUT2D eigenvalue weighted by Gasteiger charge is -2.29. The zero-order chi connectivity index (χ0) is 17.6. The van der Waals surface area contributed by atoms with Gasteiger partial charge >= 0.3 is 0 Å². The van der Waals surface area contributed by atoms with Crippen molar-refractivity contribution in [2.24, 2.45) is 0 Å². The van der Waals surface area contributed by atoms with Crippen molar-refractivity contribution < 1.29 is 19.5 Å². The Balaban J connectivity index is 1.94. The van der Waals surface area contributed by atoms with Crippen molar-refractivity contribution in [3.63, 3.8) is 0 Å². The molecular weight excluding hydrogens is 322 g/mol. The Hall–Kier alpha value is -3.74. The lowest BCUT2D eigenvalue weighted by atomic mass is 9.93. The molecule has 7 heteroatoms. The van der Waals surface area contributed by atoms with Gasteiger partial charge < -0.3 is 14.9 Å². The van der Waals surface area contributed by atoms with Crippen LogP contribution in [0.2, 0.25) is 0 Å². The molecule has 0 spiro atoms. The monoisotopic (exact) mass is 332 g/mol. The van der Waals surface area contributed by atoms with Crippen molar-refractivity contribution in [3.05, 3.63) is 71.4 Å². The number of carbonyl (C=O) groups excluding carboxylic acids is 3. The molecule has 25 heavy (non-hydrogen) atoms. The van der Waals surface area contributed by atoms with Crippen LogP contribution in [-0.4, -0.2) is 32.7 Å². The average molecular weight is 332 g/mol. The van der Waals surface area contributed by atoms with Gasteiger partial charge in [0.2, 0.25) is 0 Å². The van der Waals surface area contributed by atoms with Gasteiger partial charge in [0.25, 0.3) is 11.8 Å². The van der Waals surface area contributed by atoms with E-state index in [1.165, 1.54) is 12.5 Å². The number of aromatic amines is 1. The third-order valence-corrected chi connectivity index (χ3v) is 4.03. The highest BCUT2D eigenvalue weighted by molar-refractivity contribution is 6.28. The largest absolute Gasteiger partial charge is 0.543 e. The highest BCUT2D eigenvalue weighted by atomic mass is 16.4. The predicted octanol–water partition coefficient (Wildman–Crippen LogP) is 0.950. The van der Waals surface area contributed by atoms with Crippen LogP contribution in [0.25, 0.3) is 16.8 Å². The summed E-state index contributed by atoms with van der Waals surface area (Å²) in [5.74, 6) is -3.05. The first kappa shape index (κ1) is 14.8. The van der Waals surface area contributed by atoms with Crippen molar-refractivity contribution in [1.29, 1.82) is 0 Å². The topological polar surface area (TPSA) is 106 Å². The van der Waals surface area contributed by atoms with Crippen LogP contribution in [0.3, 0.4) is 0 Å². The van der Waals surface area contributed by atoms with E-state index in [0.29, 0.717) is 16.0 Å². The van der Waals surface area contributed by atoms with Gasteiger partial charge in [-0.25, -0.2) is 9.88 Å². The molecule has 1 N–H and O–H groups in total. The maximum absolute atomic E-state index is 12.8. The first-order chi connectivity index (χ1) is 12.1. The molecule has 0 unspecified atom stereocenters. The maximum Gasteiger partial charge on any atom is 0.266 e. The summed E-state index contributed by atoms with van der Waals surface area (Å²) in [7, 11) is 0. The molecule has 0 fully saturated rings. The minimum atomic E-state index is -1.64. The fourth-order valence-corrected chi connectivity index (χ4v) is 2.96. The number of hydrogen-bond donors (Lipinski definition) is 1. The Bertz CT molecular complexity index is 1020. The van der Waals surface area contributed by atoms with E-state index in [0.717, 1.165) is 11.5 Å². The Morgan fingerprint density at radius 2 is 1.72 bits per heavy atom. The van der Waals surface area contributed by atoms with E-state index in [1.54, 1.807) is 36.4 Å². The standard InChI is InChI=1S/C18H11N3O4/c22-16-12-5-1-3-10-4-2-6-13(15(10)12)17(23)21(16)14(18(24)25)7-11-8-19-9-20-11/h1-9H,(H,19,20)(H,24,25)/p-1/b14-7+. The van der Waals surface area contributed by atoms with Crippen LogP contribution in [0.5, 0.6) is 0 Å². The number of aromatic nitrogens is 2. The molecule has 0 saturated carbocycles. The fourth-order valence-electron chi connectivity index (χ4n) is 2.96. The molecule has 3 aromatic rings. The van der Waals surface area contributed by atoms with Gasteiger partial charge in [-0.3, -0.25) is 9.59 Å². The number of carbonyl (C=O) groups is 3. The molecule has 0 atom stereocenters. The van der Waals surface area contributed by atoms with Gasteiger partial charge in [-0.15, -0.1) is 0 Å². The van der Waals surface area contributed by atoms with Gasteiger partial charge in [0.05, 0.1) is 29.9 Å². The molecule has 2 amide bonds. The zero-order valence-corrected chi connectivity index (χ0v) is 12.7. The first-order valence-electron chi connectivity index (χ1n) is 7.40. The third kappa shape index (κ3) is 2.21. The van der Waals surface area contributed by atoms with E-state index < -0.39 is 23.5 Å². The lowest BCUT2D eigenvalue weighted by Crippen LogP contribution is -2.45. The highest BCUT2D eigenvalue weighted by Crippen LogP contribution is 2.31. The van der Waals surface area contributed by atoms with Crippen LogP contribution in [0.15, 0.2) is 54.6 Å². The van der Waals surface area contributed by atoms with Gasteiger partial charge in [0.15, 0.2) is 0 Å². The van der Waals surface area contributed by atoms with Gasteiger partial charge in [0.1, 0.15) is 0 Å². The summed E-state index contributed by atoms with van der Waals surface area (Å²) < 4.78 is 0. The van der Waals surface area contributed by atoms with Crippen LogP contribution < -0.4 is 5.11 Å². The van der Waals surface area contributed by atoms with Gasteiger partial charge in [-0.05, 0) is 23.6 Å². The average Bonchev–Trinajstić information content (AvgIpc) is 3.12. The van der Waals surface area contributed by atoms with Gasteiger partial charge in [-0.2, -0.15) is 0 Å². The Morgan fingerprint density at radius 3 is 2.24 bits per heavy atom. The molecule has 0 bridgehead atoms. The smallest absolute Gasteiger partial charge is 0.266 e. The van der Waals surface area contributed by atoms with Crippen molar-refractivity contribution >= 4 is 34.6 Å². The molecule has 4 rings (SSSR count). The molecule has 1 aliphatic rings. The number of nitrogens with zero attached hydrogens (tertiary/aromatic N) is 2. The van der Waals surface area contributed by atoms with Crippen molar-refractivity contribution in [2.75, 3.05) is 0 Å². The first-order valence-corrected chi connectivity index (χ1v) is 7.40. The molecule has 1 aromatic heterocycles. The summed E-state index contributed by atoms with van der Waals surface area (Å²) in [6, 6.07) is 10.1.